The number of fused-ring (bicyclic) bond motifs is 1. The molecule has 0 fully saturated rings. The molecule has 3 rings (SSSR count). The van der Waals surface area contributed by atoms with E-state index in [1.165, 1.54) is 0 Å². The fourth-order valence-electron chi connectivity index (χ4n) is 2.09. The highest BCUT2D eigenvalue weighted by atomic mass is 32.1. The first-order valence-corrected chi connectivity index (χ1v) is 7.41. The van der Waals surface area contributed by atoms with E-state index in [0.717, 1.165) is 28.4 Å². The lowest BCUT2D eigenvalue weighted by atomic mass is 10.2. The minimum absolute atomic E-state index is 0.0616. The molecular formula is C14H14N2O4S. The number of benzene rings is 1. The third kappa shape index (κ3) is 3.32. The van der Waals surface area contributed by atoms with E-state index in [4.69, 9.17) is 9.47 Å². The van der Waals surface area contributed by atoms with Crippen molar-refractivity contribution >= 4 is 16.3 Å². The Morgan fingerprint density at radius 2 is 2.19 bits per heavy atom. The zero-order valence-electron chi connectivity index (χ0n) is 11.2. The fourth-order valence-corrected chi connectivity index (χ4v) is 2.82. The number of hydrogen-bond donors (Lipinski definition) is 1. The first kappa shape index (κ1) is 13.8. The third-order valence-corrected chi connectivity index (χ3v) is 4.02. The summed E-state index contributed by atoms with van der Waals surface area (Å²) >= 11 is 1.14. The number of nitrogens with zero attached hydrogens (tertiary/aromatic N) is 1. The monoisotopic (exact) mass is 306 g/mol. The lowest BCUT2D eigenvalue weighted by molar-refractivity contribution is -0.380. The van der Waals surface area contributed by atoms with E-state index in [0.29, 0.717) is 19.7 Å². The Labute approximate surface area is 125 Å². The molecule has 6 nitrogen and oxygen atoms in total. The van der Waals surface area contributed by atoms with Crippen molar-refractivity contribution in [3.63, 3.8) is 0 Å². The van der Waals surface area contributed by atoms with E-state index in [2.05, 4.69) is 5.32 Å². The molecule has 0 amide bonds. The summed E-state index contributed by atoms with van der Waals surface area (Å²) in [6.45, 7) is 1.69. The van der Waals surface area contributed by atoms with Crippen LogP contribution in [-0.2, 0) is 6.54 Å². The largest absolute Gasteiger partial charge is 0.486 e. The summed E-state index contributed by atoms with van der Waals surface area (Å²) in [6, 6.07) is 9.16. The van der Waals surface area contributed by atoms with Crippen molar-refractivity contribution in [3.8, 4) is 11.5 Å². The highest BCUT2D eigenvalue weighted by molar-refractivity contribution is 7.13. The Morgan fingerprint density at radius 3 is 2.95 bits per heavy atom. The van der Waals surface area contributed by atoms with Crippen LogP contribution in [0.1, 0.15) is 5.56 Å². The van der Waals surface area contributed by atoms with Gasteiger partial charge in [0.1, 0.15) is 12.7 Å². The number of hydrogen-bond acceptors (Lipinski definition) is 6. The molecular weight excluding hydrogens is 292 g/mol. The average molecular weight is 306 g/mol. The van der Waals surface area contributed by atoms with Crippen LogP contribution < -0.4 is 14.8 Å². The molecule has 2 aromatic rings. The van der Waals surface area contributed by atoms with Gasteiger partial charge in [0.05, 0.1) is 4.92 Å². The highest BCUT2D eigenvalue weighted by Crippen LogP contribution is 2.30. The first-order valence-electron chi connectivity index (χ1n) is 6.53. The van der Waals surface area contributed by atoms with Gasteiger partial charge >= 0.3 is 5.00 Å². The number of rotatable bonds is 5. The lowest BCUT2D eigenvalue weighted by Crippen LogP contribution is -2.38. The highest BCUT2D eigenvalue weighted by Gasteiger charge is 2.20. The predicted molar refractivity (Wildman–Crippen MR) is 79.0 cm³/mol. The van der Waals surface area contributed by atoms with Crippen LogP contribution in [0.5, 0.6) is 11.5 Å². The normalized spacial score (nSPS) is 16.7. The van der Waals surface area contributed by atoms with E-state index in [1.54, 1.807) is 11.4 Å². The maximum absolute atomic E-state index is 10.6. The van der Waals surface area contributed by atoms with Crippen LogP contribution in [0.3, 0.4) is 0 Å². The van der Waals surface area contributed by atoms with Crippen molar-refractivity contribution in [1.29, 1.82) is 0 Å². The number of ether oxygens (including phenoxy) is 2. The van der Waals surface area contributed by atoms with Gasteiger partial charge in [-0.1, -0.05) is 23.5 Å². The summed E-state index contributed by atoms with van der Waals surface area (Å²) in [4.78, 5) is 10.2. The average Bonchev–Trinajstić information content (AvgIpc) is 2.96. The molecule has 0 aliphatic carbocycles. The minimum Gasteiger partial charge on any atom is -0.486 e. The van der Waals surface area contributed by atoms with Crippen molar-refractivity contribution in [3.05, 3.63) is 51.4 Å². The van der Waals surface area contributed by atoms with Crippen LogP contribution in [0.2, 0.25) is 0 Å². The molecule has 0 saturated heterocycles. The van der Waals surface area contributed by atoms with Gasteiger partial charge in [-0.15, -0.1) is 0 Å². The molecule has 1 atom stereocenters. The summed E-state index contributed by atoms with van der Waals surface area (Å²) in [7, 11) is 0. The summed E-state index contributed by atoms with van der Waals surface area (Å²) in [5.74, 6) is 1.52. The molecule has 0 saturated carbocycles. The lowest BCUT2D eigenvalue weighted by Gasteiger charge is -2.26. The van der Waals surface area contributed by atoms with E-state index < -0.39 is 0 Å². The molecule has 1 aromatic carbocycles. The van der Waals surface area contributed by atoms with Crippen LogP contribution in [0.15, 0.2) is 35.7 Å². The van der Waals surface area contributed by atoms with E-state index in [-0.39, 0.29) is 16.0 Å². The summed E-state index contributed by atoms with van der Waals surface area (Å²) in [5, 5.41) is 15.8. The summed E-state index contributed by atoms with van der Waals surface area (Å²) in [5.41, 5.74) is 0.906. The van der Waals surface area contributed by atoms with Gasteiger partial charge in [-0.3, -0.25) is 10.1 Å². The first-order chi connectivity index (χ1) is 10.2. The van der Waals surface area contributed by atoms with Crippen LogP contribution in [0, 0.1) is 10.1 Å². The van der Waals surface area contributed by atoms with Gasteiger partial charge in [0.15, 0.2) is 11.5 Å². The van der Waals surface area contributed by atoms with Gasteiger partial charge in [0.25, 0.3) is 0 Å². The molecule has 0 radical (unpaired) electrons. The fraction of sp³-hybridized carbons (Fsp3) is 0.286. The van der Waals surface area contributed by atoms with Crippen LogP contribution in [0.4, 0.5) is 5.00 Å². The predicted octanol–water partition coefficient (Wildman–Crippen LogP) is 2.59. The molecule has 1 N–H and O–H groups in total. The minimum atomic E-state index is -0.372. The summed E-state index contributed by atoms with van der Waals surface area (Å²) in [6.07, 6.45) is -0.0616. The van der Waals surface area contributed by atoms with Gasteiger partial charge in [-0.25, -0.2) is 0 Å². The second kappa shape index (κ2) is 6.11. The molecule has 21 heavy (non-hydrogen) atoms. The van der Waals surface area contributed by atoms with E-state index in [9.17, 15) is 10.1 Å². The van der Waals surface area contributed by atoms with Crippen molar-refractivity contribution in [2.45, 2.75) is 12.6 Å². The van der Waals surface area contributed by atoms with Crippen LogP contribution in [-0.4, -0.2) is 24.2 Å². The van der Waals surface area contributed by atoms with Gasteiger partial charge in [-0.05, 0) is 17.7 Å². The van der Waals surface area contributed by atoms with E-state index in [1.807, 2.05) is 24.3 Å². The Morgan fingerprint density at radius 1 is 1.38 bits per heavy atom. The second-order valence-electron chi connectivity index (χ2n) is 4.68. The van der Waals surface area contributed by atoms with Crippen molar-refractivity contribution in [1.82, 2.24) is 5.32 Å². The van der Waals surface area contributed by atoms with Gasteiger partial charge in [-0.2, -0.15) is 0 Å². The maximum Gasteiger partial charge on any atom is 0.324 e. The topological polar surface area (TPSA) is 73.6 Å². The van der Waals surface area contributed by atoms with Crippen molar-refractivity contribution < 1.29 is 14.4 Å². The Hall–Kier alpha value is -2.12. The number of nitrogens with one attached hydrogen (secondary N) is 1. The Bertz CT molecular complexity index is 643. The summed E-state index contributed by atoms with van der Waals surface area (Å²) < 4.78 is 11.4. The molecule has 1 aromatic heterocycles. The molecule has 0 spiro atoms. The van der Waals surface area contributed by atoms with E-state index >= 15 is 0 Å². The molecule has 2 heterocycles. The number of thiophene rings is 1. The SMILES string of the molecule is O=[N+]([O-])c1cc(CNCC2COc3ccccc3O2)cs1. The third-order valence-electron chi connectivity index (χ3n) is 3.09. The van der Waals surface area contributed by atoms with Crippen LogP contribution >= 0.6 is 11.3 Å². The standard InChI is InChI=1S/C14H14N2O4S/c17-16(18)14-5-10(9-21-14)6-15-7-11-8-19-12-3-1-2-4-13(12)20-11/h1-5,9,11,15H,6-8H2. The van der Waals surface area contributed by atoms with Crippen molar-refractivity contribution in [2.24, 2.45) is 0 Å². The van der Waals surface area contributed by atoms with Gasteiger partial charge < -0.3 is 14.8 Å². The van der Waals surface area contributed by atoms with Gasteiger partial charge in [0, 0.05) is 24.5 Å². The number of para-hydroxylation sites is 2. The molecule has 1 aliphatic rings. The quantitative estimate of drug-likeness (QED) is 0.679. The molecule has 0 bridgehead atoms. The molecule has 110 valence electrons. The Balaban J connectivity index is 1.49. The maximum atomic E-state index is 10.6. The number of nitro groups is 1. The Kier molecular flexibility index (Phi) is 4.03. The second-order valence-corrected chi connectivity index (χ2v) is 5.57. The smallest absolute Gasteiger partial charge is 0.324 e. The molecule has 1 unspecified atom stereocenters. The zero-order valence-corrected chi connectivity index (χ0v) is 12.0. The van der Waals surface area contributed by atoms with Crippen molar-refractivity contribution in [2.75, 3.05) is 13.2 Å². The van der Waals surface area contributed by atoms with Crippen LogP contribution in [0.25, 0.3) is 0 Å². The van der Waals surface area contributed by atoms with Gasteiger partial charge in [0.2, 0.25) is 0 Å². The zero-order chi connectivity index (χ0) is 14.7. The molecule has 7 heteroatoms. The molecule has 1 aliphatic heterocycles.